The van der Waals surface area contributed by atoms with Gasteiger partial charge in [-0.3, -0.25) is 0 Å². The number of halogens is 2. The molecule has 2 N–H and O–H groups in total. The Labute approximate surface area is 99.8 Å². The summed E-state index contributed by atoms with van der Waals surface area (Å²) in [7, 11) is 0. The molecule has 4 heteroatoms. The zero-order valence-electron chi connectivity index (χ0n) is 9.83. The van der Waals surface area contributed by atoms with Crippen LogP contribution in [0.1, 0.15) is 31.4 Å². The molecule has 0 saturated carbocycles. The summed E-state index contributed by atoms with van der Waals surface area (Å²) in [5, 5.41) is 0. The highest BCUT2D eigenvalue weighted by Crippen LogP contribution is 2.33. The fourth-order valence-corrected chi connectivity index (χ4v) is 2.46. The predicted octanol–water partition coefficient (Wildman–Crippen LogP) is 2.78. The molecule has 0 spiro atoms. The van der Waals surface area contributed by atoms with Crippen LogP contribution in [0.3, 0.4) is 0 Å². The summed E-state index contributed by atoms with van der Waals surface area (Å²) in [6.07, 6.45) is 1.89. The summed E-state index contributed by atoms with van der Waals surface area (Å²) in [6, 6.07) is 3.57. The Morgan fingerprint density at radius 3 is 2.82 bits per heavy atom. The molecule has 1 aromatic rings. The summed E-state index contributed by atoms with van der Waals surface area (Å²) >= 11 is 0. The fourth-order valence-electron chi connectivity index (χ4n) is 2.46. The van der Waals surface area contributed by atoms with Gasteiger partial charge in [0, 0.05) is 18.6 Å². The zero-order valence-corrected chi connectivity index (χ0v) is 9.83. The third kappa shape index (κ3) is 2.48. The Bertz CT molecular complexity index is 397. The summed E-state index contributed by atoms with van der Waals surface area (Å²) in [5.41, 5.74) is 6.75. The van der Waals surface area contributed by atoms with Crippen LogP contribution in [0, 0.1) is 17.6 Å². The van der Waals surface area contributed by atoms with Crippen molar-refractivity contribution >= 4 is 0 Å². The average Bonchev–Trinajstić information content (AvgIpc) is 2.80. The molecule has 0 aliphatic carbocycles. The van der Waals surface area contributed by atoms with E-state index in [2.05, 4.69) is 0 Å². The second-order valence-electron chi connectivity index (χ2n) is 4.47. The minimum absolute atomic E-state index is 0.123. The minimum Gasteiger partial charge on any atom is -0.378 e. The molecule has 3 atom stereocenters. The largest absolute Gasteiger partial charge is 0.378 e. The first kappa shape index (κ1) is 12.5. The summed E-state index contributed by atoms with van der Waals surface area (Å²) in [5.74, 6) is -1.49. The van der Waals surface area contributed by atoms with E-state index in [4.69, 9.17) is 10.5 Å². The fraction of sp³-hybridized carbons (Fsp3) is 0.538. The highest BCUT2D eigenvalue weighted by atomic mass is 19.2. The topological polar surface area (TPSA) is 35.2 Å². The van der Waals surface area contributed by atoms with E-state index in [9.17, 15) is 8.78 Å². The van der Waals surface area contributed by atoms with Gasteiger partial charge in [0.1, 0.15) is 0 Å². The van der Waals surface area contributed by atoms with Gasteiger partial charge in [0.15, 0.2) is 11.6 Å². The van der Waals surface area contributed by atoms with Crippen molar-refractivity contribution in [2.45, 2.75) is 31.9 Å². The van der Waals surface area contributed by atoms with Crippen LogP contribution in [0.25, 0.3) is 0 Å². The molecular weight excluding hydrogens is 224 g/mol. The van der Waals surface area contributed by atoms with E-state index in [1.165, 1.54) is 6.07 Å². The van der Waals surface area contributed by atoms with E-state index < -0.39 is 11.6 Å². The van der Waals surface area contributed by atoms with E-state index >= 15 is 0 Å². The van der Waals surface area contributed by atoms with Crippen molar-refractivity contribution < 1.29 is 13.5 Å². The number of rotatable bonds is 3. The van der Waals surface area contributed by atoms with Crippen LogP contribution in [0.5, 0.6) is 0 Å². The van der Waals surface area contributed by atoms with Crippen molar-refractivity contribution in [3.63, 3.8) is 0 Å². The first-order chi connectivity index (χ1) is 8.13. The number of hydrogen-bond acceptors (Lipinski definition) is 2. The van der Waals surface area contributed by atoms with Gasteiger partial charge >= 0.3 is 0 Å². The lowest BCUT2D eigenvalue weighted by molar-refractivity contribution is 0.0813. The quantitative estimate of drug-likeness (QED) is 0.883. The SMILES string of the molecule is CCC1OCCC1C(N)c1ccc(F)c(F)c1. The van der Waals surface area contributed by atoms with E-state index in [1.54, 1.807) is 6.07 Å². The second-order valence-corrected chi connectivity index (χ2v) is 4.47. The first-order valence-corrected chi connectivity index (χ1v) is 5.95. The zero-order chi connectivity index (χ0) is 12.4. The van der Waals surface area contributed by atoms with Gasteiger partial charge in [-0.05, 0) is 30.5 Å². The van der Waals surface area contributed by atoms with Gasteiger partial charge in [-0.25, -0.2) is 8.78 Å². The van der Waals surface area contributed by atoms with Crippen LogP contribution in [0.4, 0.5) is 8.78 Å². The molecule has 1 aliphatic rings. The molecule has 0 radical (unpaired) electrons. The van der Waals surface area contributed by atoms with Crippen LogP contribution in [0.15, 0.2) is 18.2 Å². The lowest BCUT2D eigenvalue weighted by Gasteiger charge is -2.24. The van der Waals surface area contributed by atoms with Crippen molar-refractivity contribution in [1.29, 1.82) is 0 Å². The van der Waals surface area contributed by atoms with Gasteiger partial charge in [0.2, 0.25) is 0 Å². The Kier molecular flexibility index (Phi) is 3.74. The molecular formula is C13H17F2NO. The van der Waals surface area contributed by atoms with Gasteiger partial charge in [-0.1, -0.05) is 13.0 Å². The third-order valence-electron chi connectivity index (χ3n) is 3.45. The van der Waals surface area contributed by atoms with Crippen molar-refractivity contribution in [2.75, 3.05) is 6.61 Å². The number of benzene rings is 1. The molecule has 0 amide bonds. The van der Waals surface area contributed by atoms with Crippen LogP contribution in [-0.4, -0.2) is 12.7 Å². The summed E-state index contributed by atoms with van der Waals surface area (Å²) in [4.78, 5) is 0. The standard InChI is InChI=1S/C13H17F2NO/c1-2-12-9(5-6-17-12)13(16)8-3-4-10(14)11(15)7-8/h3-4,7,9,12-13H,2,5-6,16H2,1H3. The molecule has 1 aliphatic heterocycles. The van der Waals surface area contributed by atoms with Gasteiger partial charge in [-0.15, -0.1) is 0 Å². The molecule has 2 nitrogen and oxygen atoms in total. The smallest absolute Gasteiger partial charge is 0.159 e. The predicted molar refractivity (Wildman–Crippen MR) is 61.4 cm³/mol. The van der Waals surface area contributed by atoms with Gasteiger partial charge in [0.25, 0.3) is 0 Å². The van der Waals surface area contributed by atoms with E-state index in [1.807, 2.05) is 6.92 Å². The molecule has 1 heterocycles. The van der Waals surface area contributed by atoms with Crippen molar-refractivity contribution in [3.05, 3.63) is 35.4 Å². The average molecular weight is 241 g/mol. The second kappa shape index (κ2) is 5.10. The van der Waals surface area contributed by atoms with Crippen LogP contribution < -0.4 is 5.73 Å². The highest BCUT2D eigenvalue weighted by Gasteiger charge is 2.32. The van der Waals surface area contributed by atoms with E-state index in [0.29, 0.717) is 12.2 Å². The van der Waals surface area contributed by atoms with Crippen LogP contribution >= 0.6 is 0 Å². The van der Waals surface area contributed by atoms with Crippen molar-refractivity contribution in [3.8, 4) is 0 Å². The molecule has 0 aromatic heterocycles. The summed E-state index contributed by atoms with van der Waals surface area (Å²) < 4.78 is 31.5. The Morgan fingerprint density at radius 2 is 2.18 bits per heavy atom. The lowest BCUT2D eigenvalue weighted by atomic mass is 9.87. The minimum atomic E-state index is -0.843. The van der Waals surface area contributed by atoms with Gasteiger partial charge < -0.3 is 10.5 Å². The molecule has 1 aromatic carbocycles. The first-order valence-electron chi connectivity index (χ1n) is 5.95. The monoisotopic (exact) mass is 241 g/mol. The van der Waals surface area contributed by atoms with Crippen LogP contribution in [0.2, 0.25) is 0 Å². The molecule has 3 unspecified atom stereocenters. The Morgan fingerprint density at radius 1 is 1.41 bits per heavy atom. The number of nitrogens with two attached hydrogens (primary N) is 1. The molecule has 1 fully saturated rings. The van der Waals surface area contributed by atoms with Crippen molar-refractivity contribution in [2.24, 2.45) is 11.7 Å². The highest BCUT2D eigenvalue weighted by molar-refractivity contribution is 5.22. The maximum atomic E-state index is 13.1. The number of ether oxygens (including phenoxy) is 1. The lowest BCUT2D eigenvalue weighted by Crippen LogP contribution is -2.28. The Balaban J connectivity index is 2.18. The summed E-state index contributed by atoms with van der Waals surface area (Å²) in [6.45, 7) is 2.74. The van der Waals surface area contributed by atoms with Crippen LogP contribution in [-0.2, 0) is 4.74 Å². The van der Waals surface area contributed by atoms with E-state index in [0.717, 1.165) is 18.9 Å². The van der Waals surface area contributed by atoms with Gasteiger partial charge in [-0.2, -0.15) is 0 Å². The maximum absolute atomic E-state index is 13.1. The molecule has 94 valence electrons. The molecule has 0 bridgehead atoms. The number of hydrogen-bond donors (Lipinski definition) is 1. The molecule has 2 rings (SSSR count). The molecule has 1 saturated heterocycles. The Hall–Kier alpha value is -1.00. The van der Waals surface area contributed by atoms with E-state index in [-0.39, 0.29) is 18.1 Å². The normalized spacial score (nSPS) is 26.1. The maximum Gasteiger partial charge on any atom is 0.159 e. The van der Waals surface area contributed by atoms with Crippen molar-refractivity contribution in [1.82, 2.24) is 0 Å². The van der Waals surface area contributed by atoms with Gasteiger partial charge in [0.05, 0.1) is 6.10 Å². The third-order valence-corrected chi connectivity index (χ3v) is 3.45. The molecule has 17 heavy (non-hydrogen) atoms.